The molecule has 3 heteroatoms. The van der Waals surface area contributed by atoms with E-state index in [0.29, 0.717) is 6.42 Å². The highest BCUT2D eigenvalue weighted by molar-refractivity contribution is 5.97. The molecule has 0 bridgehead atoms. The number of carboxylic acids is 1. The Hall–Kier alpha value is -1.38. The molecule has 0 spiro atoms. The van der Waals surface area contributed by atoms with Crippen LogP contribution in [0.2, 0.25) is 0 Å². The highest BCUT2D eigenvalue weighted by Crippen LogP contribution is 2.13. The molecule has 0 aromatic heterocycles. The number of carbonyl (C=O) groups is 2. The summed E-state index contributed by atoms with van der Waals surface area (Å²) in [5.41, 5.74) is 0. The molecule has 0 saturated carbocycles. The van der Waals surface area contributed by atoms with E-state index in [4.69, 9.17) is 5.11 Å². The number of hydrogen-bond donors (Lipinski definition) is 1. The summed E-state index contributed by atoms with van der Waals surface area (Å²) in [5.74, 6) is -1.50. The molecule has 0 heterocycles. The molecule has 0 fully saturated rings. The zero-order valence-electron chi connectivity index (χ0n) is 6.56. The number of carboxylic acid groups (broad SMARTS) is 1. The quantitative estimate of drug-likeness (QED) is 0.640. The molecule has 1 aliphatic rings. The van der Waals surface area contributed by atoms with E-state index in [-0.39, 0.29) is 18.1 Å². The molecule has 12 heavy (non-hydrogen) atoms. The van der Waals surface area contributed by atoms with Gasteiger partial charge in [0.1, 0.15) is 6.42 Å². The molecule has 64 valence electrons. The maximum absolute atomic E-state index is 11.1. The van der Waals surface area contributed by atoms with Crippen LogP contribution in [0.25, 0.3) is 0 Å². The van der Waals surface area contributed by atoms with Gasteiger partial charge in [0.2, 0.25) is 0 Å². The van der Waals surface area contributed by atoms with E-state index in [1.807, 2.05) is 12.2 Å². The van der Waals surface area contributed by atoms with Gasteiger partial charge in [-0.1, -0.05) is 24.3 Å². The SMILES string of the molecule is O=C(O)CC(=O)C1C=CC=CC1. The van der Waals surface area contributed by atoms with Crippen molar-refractivity contribution in [3.63, 3.8) is 0 Å². The first-order valence-electron chi connectivity index (χ1n) is 3.78. The van der Waals surface area contributed by atoms with Crippen LogP contribution in [-0.2, 0) is 9.59 Å². The second kappa shape index (κ2) is 3.85. The summed E-state index contributed by atoms with van der Waals surface area (Å²) in [4.78, 5) is 21.3. The average Bonchev–Trinajstić information content (AvgIpc) is 2.05. The van der Waals surface area contributed by atoms with Crippen molar-refractivity contribution in [1.82, 2.24) is 0 Å². The van der Waals surface area contributed by atoms with Gasteiger partial charge in [0.25, 0.3) is 0 Å². The van der Waals surface area contributed by atoms with Crippen LogP contribution in [0.15, 0.2) is 24.3 Å². The predicted molar refractivity (Wildman–Crippen MR) is 43.6 cm³/mol. The Morgan fingerprint density at radius 1 is 1.42 bits per heavy atom. The normalized spacial score (nSPS) is 20.8. The molecule has 1 aliphatic carbocycles. The smallest absolute Gasteiger partial charge is 0.310 e. The molecule has 1 rings (SSSR count). The highest BCUT2D eigenvalue weighted by Gasteiger charge is 2.17. The van der Waals surface area contributed by atoms with Crippen molar-refractivity contribution >= 4 is 11.8 Å². The summed E-state index contributed by atoms with van der Waals surface area (Å²) in [6.07, 6.45) is 7.49. The summed E-state index contributed by atoms with van der Waals surface area (Å²) in [6.45, 7) is 0. The van der Waals surface area contributed by atoms with Crippen LogP contribution in [0.4, 0.5) is 0 Å². The number of ketones is 1. The van der Waals surface area contributed by atoms with Crippen LogP contribution in [0.3, 0.4) is 0 Å². The minimum Gasteiger partial charge on any atom is -0.481 e. The van der Waals surface area contributed by atoms with Crippen LogP contribution < -0.4 is 0 Å². The lowest BCUT2D eigenvalue weighted by molar-refractivity contribution is -0.140. The molecule has 0 radical (unpaired) electrons. The van der Waals surface area contributed by atoms with Crippen LogP contribution in [0.1, 0.15) is 12.8 Å². The summed E-state index contributed by atoms with van der Waals surface area (Å²) < 4.78 is 0. The zero-order chi connectivity index (χ0) is 8.97. The number of Topliss-reactive ketones (excluding diaryl/α,β-unsaturated/α-hetero) is 1. The van der Waals surface area contributed by atoms with Gasteiger partial charge in [0, 0.05) is 5.92 Å². The molecule has 0 aromatic carbocycles. The van der Waals surface area contributed by atoms with Gasteiger partial charge < -0.3 is 5.11 Å². The van der Waals surface area contributed by atoms with E-state index in [1.165, 1.54) is 0 Å². The third-order valence-corrected chi connectivity index (χ3v) is 1.72. The molecular weight excluding hydrogens is 156 g/mol. The fraction of sp³-hybridized carbons (Fsp3) is 0.333. The first-order chi connectivity index (χ1) is 5.70. The maximum Gasteiger partial charge on any atom is 0.310 e. The van der Waals surface area contributed by atoms with Crippen molar-refractivity contribution in [2.75, 3.05) is 0 Å². The van der Waals surface area contributed by atoms with Gasteiger partial charge in [0.05, 0.1) is 0 Å². The lowest BCUT2D eigenvalue weighted by Gasteiger charge is -2.09. The average molecular weight is 166 g/mol. The van der Waals surface area contributed by atoms with Gasteiger partial charge in [-0.15, -0.1) is 0 Å². The minimum absolute atomic E-state index is 0.219. The van der Waals surface area contributed by atoms with Crippen LogP contribution in [0, 0.1) is 5.92 Å². The molecule has 1 N–H and O–H groups in total. The van der Waals surface area contributed by atoms with Crippen LogP contribution in [0.5, 0.6) is 0 Å². The molecule has 0 aromatic rings. The standard InChI is InChI=1S/C9H10O3/c10-8(6-9(11)12)7-4-2-1-3-5-7/h1-4,7H,5-6H2,(H,11,12). The second-order valence-electron chi connectivity index (χ2n) is 2.69. The van der Waals surface area contributed by atoms with Gasteiger partial charge in [-0.2, -0.15) is 0 Å². The molecule has 0 saturated heterocycles. The molecule has 0 amide bonds. The van der Waals surface area contributed by atoms with Crippen LogP contribution >= 0.6 is 0 Å². The van der Waals surface area contributed by atoms with E-state index in [2.05, 4.69) is 0 Å². The zero-order valence-corrected chi connectivity index (χ0v) is 6.56. The second-order valence-corrected chi connectivity index (χ2v) is 2.69. The van der Waals surface area contributed by atoms with Crippen molar-refractivity contribution in [3.05, 3.63) is 24.3 Å². The van der Waals surface area contributed by atoms with Crippen LogP contribution in [-0.4, -0.2) is 16.9 Å². The maximum atomic E-state index is 11.1. The molecule has 1 atom stereocenters. The van der Waals surface area contributed by atoms with E-state index >= 15 is 0 Å². The molecule has 0 aliphatic heterocycles. The van der Waals surface area contributed by atoms with E-state index in [1.54, 1.807) is 12.2 Å². The first kappa shape index (κ1) is 8.71. The summed E-state index contributed by atoms with van der Waals surface area (Å²) in [5, 5.41) is 8.35. The number of aliphatic carboxylic acids is 1. The number of hydrogen-bond acceptors (Lipinski definition) is 2. The van der Waals surface area contributed by atoms with Gasteiger partial charge in [0.15, 0.2) is 5.78 Å². The van der Waals surface area contributed by atoms with Crippen molar-refractivity contribution in [2.45, 2.75) is 12.8 Å². The Labute approximate surface area is 70.4 Å². The van der Waals surface area contributed by atoms with Gasteiger partial charge in [-0.25, -0.2) is 0 Å². The summed E-state index contributed by atoms with van der Waals surface area (Å²) in [7, 11) is 0. The summed E-state index contributed by atoms with van der Waals surface area (Å²) in [6, 6.07) is 0. The minimum atomic E-state index is -1.05. The largest absolute Gasteiger partial charge is 0.481 e. The van der Waals surface area contributed by atoms with E-state index in [0.717, 1.165) is 0 Å². The third-order valence-electron chi connectivity index (χ3n) is 1.72. The predicted octanol–water partition coefficient (Wildman–Crippen LogP) is 1.16. The Kier molecular flexibility index (Phi) is 2.80. The first-order valence-corrected chi connectivity index (χ1v) is 3.78. The summed E-state index contributed by atoms with van der Waals surface area (Å²) >= 11 is 0. The highest BCUT2D eigenvalue weighted by atomic mass is 16.4. The Morgan fingerprint density at radius 2 is 2.17 bits per heavy atom. The molecular formula is C9H10O3. The fourth-order valence-electron chi connectivity index (χ4n) is 1.10. The Bertz CT molecular complexity index is 250. The molecule has 1 unspecified atom stereocenters. The topological polar surface area (TPSA) is 54.4 Å². The number of allylic oxidation sites excluding steroid dienone is 4. The number of rotatable bonds is 3. The van der Waals surface area contributed by atoms with E-state index in [9.17, 15) is 9.59 Å². The monoisotopic (exact) mass is 166 g/mol. The van der Waals surface area contributed by atoms with Gasteiger partial charge >= 0.3 is 5.97 Å². The van der Waals surface area contributed by atoms with Crippen molar-refractivity contribution < 1.29 is 14.7 Å². The molecule has 3 nitrogen and oxygen atoms in total. The lowest BCUT2D eigenvalue weighted by atomic mass is 9.94. The van der Waals surface area contributed by atoms with E-state index < -0.39 is 5.97 Å². The Balaban J connectivity index is 2.48. The van der Waals surface area contributed by atoms with Crippen molar-refractivity contribution in [1.29, 1.82) is 0 Å². The van der Waals surface area contributed by atoms with Crippen molar-refractivity contribution in [3.8, 4) is 0 Å². The number of carbonyl (C=O) groups excluding carboxylic acids is 1. The van der Waals surface area contributed by atoms with Gasteiger partial charge in [-0.05, 0) is 6.42 Å². The van der Waals surface area contributed by atoms with Crippen molar-refractivity contribution in [2.24, 2.45) is 5.92 Å². The fourth-order valence-corrected chi connectivity index (χ4v) is 1.10. The third kappa shape index (κ3) is 2.34. The lowest BCUT2D eigenvalue weighted by Crippen LogP contribution is -2.16. The Morgan fingerprint density at radius 3 is 2.67 bits per heavy atom. The van der Waals surface area contributed by atoms with Gasteiger partial charge in [-0.3, -0.25) is 9.59 Å².